The second-order valence-electron chi connectivity index (χ2n) is 3.08. The van der Waals surface area contributed by atoms with Crippen molar-refractivity contribution in [3.63, 3.8) is 0 Å². The molecule has 3 N–H and O–H groups in total. The molecule has 7 nitrogen and oxygen atoms in total. The number of nitrogens with two attached hydrogens (primary N) is 1. The molecule has 0 amide bonds. The van der Waals surface area contributed by atoms with Crippen molar-refractivity contribution in [1.82, 2.24) is 5.43 Å². The number of nitrogens with one attached hydrogen (secondary N) is 1. The maximum atomic E-state index is 10.4. The molecule has 0 atom stereocenters. The van der Waals surface area contributed by atoms with Crippen molar-refractivity contribution < 1.29 is 4.92 Å². The van der Waals surface area contributed by atoms with E-state index in [4.69, 9.17) is 5.73 Å². The van der Waals surface area contributed by atoms with E-state index in [0.717, 1.165) is 5.56 Å². The van der Waals surface area contributed by atoms with Crippen LogP contribution in [0.25, 0.3) is 0 Å². The highest BCUT2D eigenvalue weighted by atomic mass is 16.6. The zero-order valence-corrected chi connectivity index (χ0v) is 9.33. The van der Waals surface area contributed by atoms with Gasteiger partial charge in [0.15, 0.2) is 0 Å². The molecule has 7 heteroatoms. The molecule has 0 heterocycles. The van der Waals surface area contributed by atoms with Gasteiger partial charge in [-0.3, -0.25) is 15.1 Å². The first-order valence-electron chi connectivity index (χ1n) is 4.97. The molecule has 0 unspecified atom stereocenters. The molecular weight excluding hydrogens is 222 g/mol. The molecule has 0 aliphatic rings. The summed E-state index contributed by atoms with van der Waals surface area (Å²) in [6, 6.07) is 6.00. The zero-order valence-electron chi connectivity index (χ0n) is 9.33. The van der Waals surface area contributed by atoms with E-state index in [1.54, 1.807) is 12.1 Å². The van der Waals surface area contributed by atoms with E-state index in [2.05, 4.69) is 15.5 Å². The Hall–Kier alpha value is -2.44. The number of benzene rings is 1. The van der Waals surface area contributed by atoms with Gasteiger partial charge in [0.25, 0.3) is 5.69 Å². The molecule has 0 aromatic heterocycles. The highest BCUT2D eigenvalue weighted by Crippen LogP contribution is 2.10. The largest absolute Gasteiger partial charge is 0.369 e. The molecule has 0 radical (unpaired) electrons. The first-order valence-corrected chi connectivity index (χ1v) is 4.97. The van der Waals surface area contributed by atoms with Crippen LogP contribution in [0.3, 0.4) is 0 Å². The third-order valence-corrected chi connectivity index (χ3v) is 1.83. The Morgan fingerprint density at radius 3 is 2.71 bits per heavy atom. The Balaban J connectivity index is 2.60. The van der Waals surface area contributed by atoms with Crippen LogP contribution >= 0.6 is 0 Å². The summed E-state index contributed by atoms with van der Waals surface area (Å²) in [7, 11) is 0. The maximum absolute atomic E-state index is 10.4. The van der Waals surface area contributed by atoms with E-state index < -0.39 is 4.92 Å². The van der Waals surface area contributed by atoms with Crippen LogP contribution in [0.1, 0.15) is 12.5 Å². The van der Waals surface area contributed by atoms with Gasteiger partial charge in [0.05, 0.1) is 11.1 Å². The van der Waals surface area contributed by atoms with Gasteiger partial charge < -0.3 is 5.73 Å². The highest BCUT2D eigenvalue weighted by molar-refractivity contribution is 5.83. The van der Waals surface area contributed by atoms with Gasteiger partial charge in [-0.25, -0.2) is 5.43 Å². The Morgan fingerprint density at radius 2 is 2.18 bits per heavy atom. The lowest BCUT2D eigenvalue weighted by Crippen LogP contribution is -2.27. The normalized spacial score (nSPS) is 11.7. The summed E-state index contributed by atoms with van der Waals surface area (Å²) in [5, 5.41) is 14.2. The Kier molecular flexibility index (Phi) is 4.61. The molecule has 0 spiro atoms. The third kappa shape index (κ3) is 4.29. The first-order chi connectivity index (χ1) is 8.13. The number of non-ortho nitro benzene ring substituents is 1. The van der Waals surface area contributed by atoms with Gasteiger partial charge in [-0.05, 0) is 24.6 Å². The molecule has 1 aromatic rings. The van der Waals surface area contributed by atoms with Crippen LogP contribution in [-0.4, -0.2) is 23.6 Å². The Bertz CT molecular complexity index is 439. The maximum Gasteiger partial charge on any atom is 0.269 e. The number of hydrazone groups is 1. The molecule has 0 aliphatic carbocycles. The fraction of sp³-hybridized carbons (Fsp3) is 0.200. The minimum atomic E-state index is -0.453. The summed E-state index contributed by atoms with van der Waals surface area (Å²) < 4.78 is 0. The van der Waals surface area contributed by atoms with Crippen molar-refractivity contribution in [2.75, 3.05) is 6.54 Å². The van der Waals surface area contributed by atoms with Crippen molar-refractivity contribution >= 4 is 17.9 Å². The lowest BCUT2D eigenvalue weighted by Gasteiger charge is -1.97. The molecule has 0 bridgehead atoms. The van der Waals surface area contributed by atoms with Crippen LogP contribution in [0.2, 0.25) is 0 Å². The lowest BCUT2D eigenvalue weighted by atomic mass is 10.2. The smallest absolute Gasteiger partial charge is 0.269 e. The molecule has 0 fully saturated rings. The van der Waals surface area contributed by atoms with Crippen molar-refractivity contribution in [2.45, 2.75) is 6.92 Å². The SMILES string of the molecule is CCN=C(N)NN=Cc1ccc([N+](=O)[O-])cc1. The number of hydrogen-bond donors (Lipinski definition) is 2. The van der Waals surface area contributed by atoms with Crippen LogP contribution in [0, 0.1) is 10.1 Å². The Labute approximate surface area is 98.2 Å². The second-order valence-corrected chi connectivity index (χ2v) is 3.08. The molecule has 17 heavy (non-hydrogen) atoms. The average Bonchev–Trinajstić information content (AvgIpc) is 2.30. The Morgan fingerprint density at radius 1 is 1.53 bits per heavy atom. The van der Waals surface area contributed by atoms with E-state index >= 15 is 0 Å². The molecule has 90 valence electrons. The molecular formula is C10H13N5O2. The van der Waals surface area contributed by atoms with E-state index in [-0.39, 0.29) is 11.6 Å². The summed E-state index contributed by atoms with van der Waals surface area (Å²) in [6.07, 6.45) is 1.50. The molecule has 1 rings (SSSR count). The van der Waals surface area contributed by atoms with E-state index in [9.17, 15) is 10.1 Å². The number of nitro groups is 1. The zero-order chi connectivity index (χ0) is 12.7. The highest BCUT2D eigenvalue weighted by Gasteiger charge is 2.02. The predicted molar refractivity (Wildman–Crippen MR) is 66.0 cm³/mol. The summed E-state index contributed by atoms with van der Waals surface area (Å²) in [5.74, 6) is 0.227. The van der Waals surface area contributed by atoms with Crippen molar-refractivity contribution in [1.29, 1.82) is 0 Å². The topological polar surface area (TPSA) is 106 Å². The molecule has 0 saturated heterocycles. The van der Waals surface area contributed by atoms with Gasteiger partial charge >= 0.3 is 0 Å². The van der Waals surface area contributed by atoms with Crippen LogP contribution in [0.5, 0.6) is 0 Å². The van der Waals surface area contributed by atoms with E-state index in [1.807, 2.05) is 6.92 Å². The fourth-order valence-corrected chi connectivity index (χ4v) is 1.06. The first kappa shape index (κ1) is 12.6. The van der Waals surface area contributed by atoms with E-state index in [1.165, 1.54) is 18.3 Å². The van der Waals surface area contributed by atoms with Gasteiger partial charge in [0.2, 0.25) is 5.96 Å². The summed E-state index contributed by atoms with van der Waals surface area (Å²) in [6.45, 7) is 2.43. The average molecular weight is 235 g/mol. The van der Waals surface area contributed by atoms with Crippen LogP contribution < -0.4 is 11.2 Å². The van der Waals surface area contributed by atoms with Gasteiger partial charge in [-0.1, -0.05) is 0 Å². The molecule has 0 aliphatic heterocycles. The van der Waals surface area contributed by atoms with E-state index in [0.29, 0.717) is 6.54 Å². The minimum absolute atomic E-state index is 0.0437. The van der Waals surface area contributed by atoms with Gasteiger partial charge in [-0.2, -0.15) is 5.10 Å². The number of guanidine groups is 1. The van der Waals surface area contributed by atoms with Crippen molar-refractivity contribution in [2.24, 2.45) is 15.8 Å². The second kappa shape index (κ2) is 6.21. The number of rotatable bonds is 4. The fourth-order valence-electron chi connectivity index (χ4n) is 1.06. The standard InChI is InChI=1S/C10H13N5O2/c1-2-12-10(11)14-13-7-8-3-5-9(6-4-8)15(16)17/h3-7H,2H2,1H3,(H3,11,12,14). The van der Waals surface area contributed by atoms with Gasteiger partial charge in [-0.15, -0.1) is 0 Å². The van der Waals surface area contributed by atoms with Crippen molar-refractivity contribution in [3.05, 3.63) is 39.9 Å². The van der Waals surface area contributed by atoms with Crippen LogP contribution in [0.15, 0.2) is 34.4 Å². The van der Waals surface area contributed by atoms with Crippen LogP contribution in [-0.2, 0) is 0 Å². The van der Waals surface area contributed by atoms with Crippen molar-refractivity contribution in [3.8, 4) is 0 Å². The summed E-state index contributed by atoms with van der Waals surface area (Å²) in [5.41, 5.74) is 8.75. The number of nitro benzene ring substituents is 1. The van der Waals surface area contributed by atoms with Crippen LogP contribution in [0.4, 0.5) is 5.69 Å². The number of aliphatic imine (C=N–C) groups is 1. The number of hydrogen-bond acceptors (Lipinski definition) is 4. The third-order valence-electron chi connectivity index (χ3n) is 1.83. The summed E-state index contributed by atoms with van der Waals surface area (Å²) in [4.78, 5) is 13.8. The van der Waals surface area contributed by atoms with Gasteiger partial charge in [0, 0.05) is 18.7 Å². The molecule has 0 saturated carbocycles. The quantitative estimate of drug-likeness (QED) is 0.349. The van der Waals surface area contributed by atoms with Gasteiger partial charge in [0.1, 0.15) is 0 Å². The molecule has 1 aromatic carbocycles. The predicted octanol–water partition coefficient (Wildman–Crippen LogP) is 0.853. The lowest BCUT2D eigenvalue weighted by molar-refractivity contribution is -0.384. The summed E-state index contributed by atoms with van der Waals surface area (Å²) >= 11 is 0. The minimum Gasteiger partial charge on any atom is -0.369 e. The number of nitrogens with zero attached hydrogens (tertiary/aromatic N) is 3. The monoisotopic (exact) mass is 235 g/mol.